The molecule has 0 saturated carbocycles. The van der Waals surface area contributed by atoms with Crippen LogP contribution in [0.25, 0.3) is 0 Å². The van der Waals surface area contributed by atoms with E-state index in [1.165, 1.54) is 6.42 Å². The Morgan fingerprint density at radius 2 is 1.82 bits per heavy atom. The molecule has 0 radical (unpaired) electrons. The van der Waals surface area contributed by atoms with Gasteiger partial charge in [-0.2, -0.15) is 0 Å². The second-order valence-corrected chi connectivity index (χ2v) is 5.14. The summed E-state index contributed by atoms with van der Waals surface area (Å²) in [6.45, 7) is 0. The van der Waals surface area contributed by atoms with Crippen LogP contribution in [0.15, 0.2) is 0 Å². The molecule has 0 aromatic heterocycles. The maximum atomic E-state index is 6.09. The molecule has 4 atom stereocenters. The van der Waals surface area contributed by atoms with Crippen LogP contribution in [0.5, 0.6) is 0 Å². The number of fused-ring (bicyclic) bond motifs is 2. The molecule has 2 fully saturated rings. The molecule has 11 heavy (non-hydrogen) atoms. The molecule has 0 aromatic carbocycles. The molecule has 2 rings (SSSR count). The molecule has 64 valence electrons. The normalized spacial score (nSPS) is 50.7. The van der Waals surface area contributed by atoms with Gasteiger partial charge >= 0.3 is 0 Å². The first-order chi connectivity index (χ1) is 5.27. The Balaban J connectivity index is 2.02. The highest BCUT2D eigenvalue weighted by Crippen LogP contribution is 2.36. The third-order valence-corrected chi connectivity index (χ3v) is 4.16. The van der Waals surface area contributed by atoms with Crippen LogP contribution in [-0.2, 0) is 4.74 Å². The third-order valence-electron chi connectivity index (χ3n) is 2.61. The van der Waals surface area contributed by atoms with Gasteiger partial charge < -0.3 is 4.74 Å². The topological polar surface area (TPSA) is 9.23 Å². The molecule has 2 aliphatic heterocycles. The van der Waals surface area contributed by atoms with Gasteiger partial charge in [0.15, 0.2) is 0 Å². The van der Waals surface area contributed by atoms with Crippen molar-refractivity contribution >= 4 is 27.5 Å². The Morgan fingerprint density at radius 3 is 2.64 bits per heavy atom. The van der Waals surface area contributed by atoms with Gasteiger partial charge in [0, 0.05) is 4.83 Å². The van der Waals surface area contributed by atoms with E-state index in [9.17, 15) is 0 Å². The van der Waals surface area contributed by atoms with Gasteiger partial charge in [-0.25, -0.2) is 0 Å². The molecule has 3 heteroatoms. The van der Waals surface area contributed by atoms with E-state index >= 15 is 0 Å². The standard InChI is InChI=1S/C8H12BrClO/c9-5-1-3-8-6(10)2-4-7(5)11-8/h5-8H,1-4H2/t5-,6-,7-,8-/m1/s1. The smallest absolute Gasteiger partial charge is 0.0743 e. The van der Waals surface area contributed by atoms with E-state index in [4.69, 9.17) is 16.3 Å². The molecule has 2 bridgehead atoms. The molecule has 2 aliphatic rings. The summed E-state index contributed by atoms with van der Waals surface area (Å²) in [7, 11) is 0. The van der Waals surface area contributed by atoms with Crippen molar-refractivity contribution in [2.24, 2.45) is 0 Å². The molecular weight excluding hydrogens is 227 g/mol. The monoisotopic (exact) mass is 238 g/mol. The first kappa shape index (κ1) is 8.33. The molecule has 2 saturated heterocycles. The minimum atomic E-state index is 0.270. The zero-order chi connectivity index (χ0) is 7.84. The molecule has 1 nitrogen and oxygen atoms in total. The molecule has 0 spiro atoms. The Labute approximate surface area is 80.6 Å². The van der Waals surface area contributed by atoms with E-state index in [1.807, 2.05) is 0 Å². The lowest BCUT2D eigenvalue weighted by Gasteiger charge is -2.40. The van der Waals surface area contributed by atoms with E-state index < -0.39 is 0 Å². The summed E-state index contributed by atoms with van der Waals surface area (Å²) in [4.78, 5) is 0.572. The van der Waals surface area contributed by atoms with Crippen LogP contribution in [-0.4, -0.2) is 22.4 Å². The molecule has 2 heterocycles. The van der Waals surface area contributed by atoms with Crippen molar-refractivity contribution in [1.29, 1.82) is 0 Å². The second-order valence-electron chi connectivity index (χ2n) is 3.40. The number of halogens is 2. The van der Waals surface area contributed by atoms with Crippen LogP contribution >= 0.6 is 27.5 Å². The zero-order valence-corrected chi connectivity index (χ0v) is 8.64. The molecule has 0 amide bonds. The van der Waals surface area contributed by atoms with E-state index in [2.05, 4.69) is 15.9 Å². The summed E-state index contributed by atoms with van der Waals surface area (Å²) < 4.78 is 5.77. The lowest BCUT2D eigenvalue weighted by Crippen LogP contribution is -2.44. The summed E-state index contributed by atoms with van der Waals surface area (Å²) in [5.74, 6) is 0. The number of hydrogen-bond acceptors (Lipinski definition) is 1. The van der Waals surface area contributed by atoms with E-state index in [1.54, 1.807) is 0 Å². The Hall–Kier alpha value is 0.730. The molecule has 0 N–H and O–H groups in total. The van der Waals surface area contributed by atoms with Gasteiger partial charge in [0.25, 0.3) is 0 Å². The summed E-state index contributed by atoms with van der Waals surface area (Å²) in [5.41, 5.74) is 0. The fourth-order valence-corrected chi connectivity index (χ4v) is 2.88. The predicted octanol–water partition coefficient (Wildman–Crippen LogP) is 2.70. The molecule has 0 aliphatic carbocycles. The number of hydrogen-bond donors (Lipinski definition) is 0. The van der Waals surface area contributed by atoms with Crippen molar-refractivity contribution in [3.8, 4) is 0 Å². The van der Waals surface area contributed by atoms with E-state index in [0.29, 0.717) is 17.0 Å². The van der Waals surface area contributed by atoms with Gasteiger partial charge in [0.2, 0.25) is 0 Å². The van der Waals surface area contributed by atoms with Crippen molar-refractivity contribution in [3.63, 3.8) is 0 Å². The zero-order valence-electron chi connectivity index (χ0n) is 6.30. The van der Waals surface area contributed by atoms with Gasteiger partial charge in [-0.15, -0.1) is 11.6 Å². The number of rotatable bonds is 0. The van der Waals surface area contributed by atoms with Crippen LogP contribution in [0.4, 0.5) is 0 Å². The first-order valence-corrected chi connectivity index (χ1v) is 5.56. The fourth-order valence-electron chi connectivity index (χ4n) is 1.91. The van der Waals surface area contributed by atoms with E-state index in [-0.39, 0.29) is 5.38 Å². The number of alkyl halides is 2. The van der Waals surface area contributed by atoms with Crippen LogP contribution in [0.2, 0.25) is 0 Å². The van der Waals surface area contributed by atoms with E-state index in [0.717, 1.165) is 19.3 Å². The SMILES string of the molecule is Cl[C@@H]1CC[C@H]2O[C@@H]1CC[C@H]2Br. The Bertz CT molecular complexity index is 137. The van der Waals surface area contributed by atoms with Gasteiger partial charge in [-0.1, -0.05) is 15.9 Å². The van der Waals surface area contributed by atoms with Gasteiger partial charge in [-0.3, -0.25) is 0 Å². The van der Waals surface area contributed by atoms with Crippen molar-refractivity contribution in [2.45, 2.75) is 48.1 Å². The van der Waals surface area contributed by atoms with Crippen molar-refractivity contribution < 1.29 is 4.74 Å². The van der Waals surface area contributed by atoms with Crippen molar-refractivity contribution in [1.82, 2.24) is 0 Å². The highest BCUT2D eigenvalue weighted by Gasteiger charge is 2.37. The molecule has 0 aromatic rings. The summed E-state index contributed by atoms with van der Waals surface area (Å²) in [6, 6.07) is 0. The lowest BCUT2D eigenvalue weighted by atomic mass is 9.91. The quantitative estimate of drug-likeness (QED) is 0.591. The van der Waals surface area contributed by atoms with Crippen molar-refractivity contribution in [3.05, 3.63) is 0 Å². The summed E-state index contributed by atoms with van der Waals surface area (Å²) in [5, 5.41) is 0.270. The maximum Gasteiger partial charge on any atom is 0.0743 e. The number of ether oxygens (including phenoxy) is 1. The minimum Gasteiger partial charge on any atom is -0.372 e. The Kier molecular flexibility index (Phi) is 2.45. The highest BCUT2D eigenvalue weighted by molar-refractivity contribution is 9.09. The third kappa shape index (κ3) is 1.58. The molecule has 0 unspecified atom stereocenters. The average Bonchev–Trinajstić information content (AvgIpc) is 2.02. The largest absolute Gasteiger partial charge is 0.372 e. The summed E-state index contributed by atoms with van der Waals surface area (Å²) >= 11 is 9.72. The second kappa shape index (κ2) is 3.23. The fraction of sp³-hybridized carbons (Fsp3) is 1.00. The highest BCUT2D eigenvalue weighted by atomic mass is 79.9. The van der Waals surface area contributed by atoms with Gasteiger partial charge in [0.1, 0.15) is 0 Å². The summed E-state index contributed by atoms with van der Waals surface area (Å²) in [6.07, 6.45) is 5.37. The first-order valence-electron chi connectivity index (χ1n) is 4.21. The minimum absolute atomic E-state index is 0.270. The van der Waals surface area contributed by atoms with Gasteiger partial charge in [-0.05, 0) is 25.7 Å². The van der Waals surface area contributed by atoms with Crippen LogP contribution < -0.4 is 0 Å². The predicted molar refractivity (Wildman–Crippen MR) is 49.5 cm³/mol. The Morgan fingerprint density at radius 1 is 1.09 bits per heavy atom. The van der Waals surface area contributed by atoms with Crippen LogP contribution in [0, 0.1) is 0 Å². The lowest BCUT2D eigenvalue weighted by molar-refractivity contribution is -0.0745. The maximum absolute atomic E-state index is 6.09. The van der Waals surface area contributed by atoms with Crippen LogP contribution in [0.1, 0.15) is 25.7 Å². The van der Waals surface area contributed by atoms with Gasteiger partial charge in [0.05, 0.1) is 17.6 Å². The van der Waals surface area contributed by atoms with Crippen molar-refractivity contribution in [2.75, 3.05) is 0 Å². The molecular formula is C8H12BrClO. The van der Waals surface area contributed by atoms with Crippen LogP contribution in [0.3, 0.4) is 0 Å². The average molecular weight is 240 g/mol.